The first-order valence-corrected chi connectivity index (χ1v) is 7.99. The zero-order valence-electron chi connectivity index (χ0n) is 12.8. The van der Waals surface area contributed by atoms with Gasteiger partial charge in [0.1, 0.15) is 16.4 Å². The van der Waals surface area contributed by atoms with Gasteiger partial charge in [-0.15, -0.1) is 0 Å². The van der Waals surface area contributed by atoms with Crippen molar-refractivity contribution in [2.75, 3.05) is 14.2 Å². The van der Waals surface area contributed by atoms with Crippen molar-refractivity contribution < 1.29 is 27.6 Å². The first kappa shape index (κ1) is 17.0. The number of hydrogen-bond acceptors (Lipinski definition) is 6. The van der Waals surface area contributed by atoms with Crippen molar-refractivity contribution in [3.63, 3.8) is 0 Å². The Kier molecular flexibility index (Phi) is 4.71. The number of methoxy groups -OCH3 is 1. The van der Waals surface area contributed by atoms with Crippen molar-refractivity contribution in [1.29, 1.82) is 0 Å². The average molecular weight is 340 g/mol. The van der Waals surface area contributed by atoms with Crippen LogP contribution in [-0.2, 0) is 16.6 Å². The number of sulfonamides is 1. The summed E-state index contributed by atoms with van der Waals surface area (Å²) >= 11 is 0. The number of nitrogens with zero attached hydrogens (tertiary/aromatic N) is 2. The Hall–Kier alpha value is -2.39. The molecule has 0 aliphatic heterocycles. The molecule has 23 heavy (non-hydrogen) atoms. The van der Waals surface area contributed by atoms with Crippen molar-refractivity contribution >= 4 is 16.0 Å². The maximum absolute atomic E-state index is 12.6. The summed E-state index contributed by atoms with van der Waals surface area (Å²) in [5, 5.41) is 12.7. The molecule has 1 heterocycles. The minimum absolute atomic E-state index is 0.0174. The summed E-state index contributed by atoms with van der Waals surface area (Å²) in [6.07, 6.45) is 0. The normalized spacial score (nSPS) is 11.7. The fourth-order valence-corrected chi connectivity index (χ4v) is 3.26. The van der Waals surface area contributed by atoms with Crippen LogP contribution in [0, 0.1) is 6.92 Å². The highest BCUT2D eigenvalue weighted by Crippen LogP contribution is 2.28. The molecule has 0 amide bonds. The maximum Gasteiger partial charge on any atom is 0.335 e. The van der Waals surface area contributed by atoms with E-state index in [-0.39, 0.29) is 22.8 Å². The highest BCUT2D eigenvalue weighted by Gasteiger charge is 2.26. The van der Waals surface area contributed by atoms with Gasteiger partial charge in [-0.2, -0.15) is 4.31 Å². The minimum atomic E-state index is -3.88. The highest BCUT2D eigenvalue weighted by molar-refractivity contribution is 7.89. The first-order valence-electron chi connectivity index (χ1n) is 6.55. The Morgan fingerprint density at radius 2 is 2.09 bits per heavy atom. The molecule has 0 fully saturated rings. The zero-order chi connectivity index (χ0) is 17.2. The molecule has 2 aromatic rings. The zero-order valence-corrected chi connectivity index (χ0v) is 13.6. The predicted octanol–water partition coefficient (Wildman–Crippen LogP) is 1.51. The van der Waals surface area contributed by atoms with E-state index in [0.717, 1.165) is 4.31 Å². The molecule has 9 heteroatoms. The summed E-state index contributed by atoms with van der Waals surface area (Å²) in [5.41, 5.74) is 0.408. The average Bonchev–Trinajstić information content (AvgIpc) is 2.91. The Labute approximate surface area is 133 Å². The number of rotatable bonds is 6. The van der Waals surface area contributed by atoms with Crippen LogP contribution in [0.25, 0.3) is 0 Å². The monoisotopic (exact) mass is 340 g/mol. The van der Waals surface area contributed by atoms with Crippen LogP contribution in [0.15, 0.2) is 33.7 Å². The van der Waals surface area contributed by atoms with E-state index in [2.05, 4.69) is 5.16 Å². The highest BCUT2D eigenvalue weighted by atomic mass is 32.2. The molecular formula is C14H16N2O6S. The van der Waals surface area contributed by atoms with Crippen LogP contribution in [0.4, 0.5) is 0 Å². The Balaban J connectivity index is 2.36. The van der Waals surface area contributed by atoms with Crippen molar-refractivity contribution in [1.82, 2.24) is 9.46 Å². The van der Waals surface area contributed by atoms with Gasteiger partial charge in [0.15, 0.2) is 0 Å². The third kappa shape index (κ3) is 3.51. The summed E-state index contributed by atoms with van der Waals surface area (Å²) in [5.74, 6) is -0.624. The third-order valence-corrected chi connectivity index (χ3v) is 5.00. The van der Waals surface area contributed by atoms with Crippen molar-refractivity contribution in [2.24, 2.45) is 0 Å². The number of benzene rings is 1. The number of aromatic nitrogens is 1. The van der Waals surface area contributed by atoms with E-state index in [1.165, 1.54) is 32.4 Å². The summed E-state index contributed by atoms with van der Waals surface area (Å²) in [7, 11) is -1.21. The van der Waals surface area contributed by atoms with Gasteiger partial charge in [-0.1, -0.05) is 5.16 Å². The van der Waals surface area contributed by atoms with Crippen LogP contribution in [0.3, 0.4) is 0 Å². The standard InChI is InChI=1S/C14H16N2O6S/c1-9-6-11(15-22-9)8-16(2)23(19,20)13-5-4-10(14(17)18)7-12(13)21-3/h4-7H,8H2,1-3H3,(H,17,18). The van der Waals surface area contributed by atoms with Gasteiger partial charge in [-0.3, -0.25) is 0 Å². The second kappa shape index (κ2) is 6.39. The SMILES string of the molecule is COc1cc(C(=O)O)ccc1S(=O)(=O)N(C)Cc1cc(C)on1. The van der Waals surface area contributed by atoms with Gasteiger partial charge >= 0.3 is 5.97 Å². The van der Waals surface area contributed by atoms with Crippen molar-refractivity contribution in [3.8, 4) is 5.75 Å². The summed E-state index contributed by atoms with van der Waals surface area (Å²) in [6.45, 7) is 1.72. The van der Waals surface area contributed by atoms with E-state index in [1.54, 1.807) is 13.0 Å². The molecule has 8 nitrogen and oxygen atoms in total. The molecule has 1 aromatic heterocycles. The molecule has 0 spiro atoms. The first-order chi connectivity index (χ1) is 10.8. The quantitative estimate of drug-likeness (QED) is 0.848. The van der Waals surface area contributed by atoms with E-state index in [4.69, 9.17) is 14.4 Å². The fourth-order valence-electron chi connectivity index (χ4n) is 1.99. The maximum atomic E-state index is 12.6. The van der Waals surface area contributed by atoms with Gasteiger partial charge in [-0.05, 0) is 25.1 Å². The topological polar surface area (TPSA) is 110 Å². The second-order valence-corrected chi connectivity index (χ2v) is 6.87. The smallest absolute Gasteiger partial charge is 0.335 e. The van der Waals surface area contributed by atoms with Crippen LogP contribution in [-0.4, -0.2) is 43.1 Å². The summed E-state index contributed by atoms with van der Waals surface area (Å²) in [4.78, 5) is 10.9. The van der Waals surface area contributed by atoms with Gasteiger partial charge in [0.05, 0.1) is 24.9 Å². The molecule has 1 N–H and O–H groups in total. The lowest BCUT2D eigenvalue weighted by Crippen LogP contribution is -2.27. The van der Waals surface area contributed by atoms with Crippen LogP contribution >= 0.6 is 0 Å². The minimum Gasteiger partial charge on any atom is -0.495 e. The Morgan fingerprint density at radius 3 is 2.61 bits per heavy atom. The summed E-state index contributed by atoms with van der Waals surface area (Å²) < 4.78 is 36.3. The van der Waals surface area contributed by atoms with Gasteiger partial charge in [0.2, 0.25) is 10.0 Å². The molecule has 0 saturated heterocycles. The molecule has 1 aromatic carbocycles. The largest absolute Gasteiger partial charge is 0.495 e. The predicted molar refractivity (Wildman–Crippen MR) is 79.8 cm³/mol. The van der Waals surface area contributed by atoms with E-state index in [1.807, 2.05) is 0 Å². The van der Waals surface area contributed by atoms with Crippen LogP contribution < -0.4 is 4.74 Å². The van der Waals surface area contributed by atoms with Gasteiger partial charge < -0.3 is 14.4 Å². The molecule has 2 rings (SSSR count). The number of carboxylic acids is 1. The van der Waals surface area contributed by atoms with E-state index >= 15 is 0 Å². The number of hydrogen-bond donors (Lipinski definition) is 1. The number of carboxylic acid groups (broad SMARTS) is 1. The molecular weight excluding hydrogens is 324 g/mol. The number of carbonyl (C=O) groups is 1. The van der Waals surface area contributed by atoms with E-state index in [9.17, 15) is 13.2 Å². The van der Waals surface area contributed by atoms with Crippen LogP contribution in [0.2, 0.25) is 0 Å². The number of aromatic carboxylic acids is 1. The molecule has 0 aliphatic rings. The second-order valence-electron chi connectivity index (χ2n) is 4.86. The van der Waals surface area contributed by atoms with Crippen LogP contribution in [0.1, 0.15) is 21.8 Å². The number of aryl methyl sites for hydroxylation is 1. The number of ether oxygens (including phenoxy) is 1. The Morgan fingerprint density at radius 1 is 1.39 bits per heavy atom. The van der Waals surface area contributed by atoms with Gasteiger partial charge in [-0.25, -0.2) is 13.2 Å². The molecule has 0 radical (unpaired) electrons. The molecule has 124 valence electrons. The van der Waals surface area contributed by atoms with Crippen molar-refractivity contribution in [2.45, 2.75) is 18.4 Å². The molecule has 0 bridgehead atoms. The molecule has 0 unspecified atom stereocenters. The fraction of sp³-hybridized carbons (Fsp3) is 0.286. The van der Waals surface area contributed by atoms with Crippen molar-refractivity contribution in [3.05, 3.63) is 41.3 Å². The third-order valence-electron chi connectivity index (χ3n) is 3.16. The van der Waals surface area contributed by atoms with Crippen LogP contribution in [0.5, 0.6) is 5.75 Å². The lowest BCUT2D eigenvalue weighted by atomic mass is 10.2. The Bertz CT molecular complexity index is 828. The van der Waals surface area contributed by atoms with Gasteiger partial charge in [0.25, 0.3) is 0 Å². The molecule has 0 saturated carbocycles. The lowest BCUT2D eigenvalue weighted by molar-refractivity contribution is 0.0696. The van der Waals surface area contributed by atoms with E-state index in [0.29, 0.717) is 11.5 Å². The van der Waals surface area contributed by atoms with Gasteiger partial charge in [0, 0.05) is 13.1 Å². The lowest BCUT2D eigenvalue weighted by Gasteiger charge is -2.18. The molecule has 0 aliphatic carbocycles. The van der Waals surface area contributed by atoms with E-state index < -0.39 is 16.0 Å². The molecule has 0 atom stereocenters. The summed E-state index contributed by atoms with van der Waals surface area (Å²) in [6, 6.07) is 5.23.